The molecule has 0 aromatic rings. The molecule has 1 aliphatic rings. The van der Waals surface area contributed by atoms with Gasteiger partial charge in [0.25, 0.3) is 0 Å². The molecule has 1 unspecified atom stereocenters. The molecule has 0 radical (unpaired) electrons. The van der Waals surface area contributed by atoms with Gasteiger partial charge in [0.1, 0.15) is 6.04 Å². The van der Waals surface area contributed by atoms with E-state index in [1.165, 1.54) is 0 Å². The molecule has 0 aliphatic carbocycles. The predicted octanol–water partition coefficient (Wildman–Crippen LogP) is -0.378. The van der Waals surface area contributed by atoms with Gasteiger partial charge < -0.3 is 5.11 Å². The Hall–Kier alpha value is -0.610. The normalized spacial score (nSPS) is 26.5. The maximum atomic E-state index is 10.4. The van der Waals surface area contributed by atoms with Crippen LogP contribution in [0.3, 0.4) is 0 Å². The molecule has 0 aromatic heterocycles. The third kappa shape index (κ3) is 1.12. The van der Waals surface area contributed by atoms with Crippen LogP contribution in [0.25, 0.3) is 0 Å². The number of hydrogen-bond acceptors (Lipinski definition) is 3. The smallest absolute Gasteiger partial charge is 0.322 e. The quantitative estimate of drug-likeness (QED) is 0.574. The second-order valence-corrected chi connectivity index (χ2v) is 2.65. The second-order valence-electron chi connectivity index (χ2n) is 2.65. The summed E-state index contributed by atoms with van der Waals surface area (Å²) in [7, 11) is 3.71. The highest BCUT2D eigenvalue weighted by Crippen LogP contribution is 2.17. The number of nitrogens with zero attached hydrogens (tertiary/aromatic N) is 2. The van der Waals surface area contributed by atoms with E-state index in [9.17, 15) is 4.79 Å². The van der Waals surface area contributed by atoms with Gasteiger partial charge >= 0.3 is 5.97 Å². The second kappa shape index (κ2) is 2.56. The average molecular weight is 144 g/mol. The largest absolute Gasteiger partial charge is 0.480 e. The van der Waals surface area contributed by atoms with Crippen molar-refractivity contribution in [1.82, 2.24) is 10.0 Å². The number of carbonyl (C=O) groups is 1. The molecule has 0 bridgehead atoms. The Balaban J connectivity index is 2.43. The predicted molar refractivity (Wildman–Crippen MR) is 36.4 cm³/mol. The van der Waals surface area contributed by atoms with E-state index in [0.717, 1.165) is 13.0 Å². The molecule has 0 saturated carbocycles. The Morgan fingerprint density at radius 1 is 1.70 bits per heavy atom. The van der Waals surface area contributed by atoms with Crippen LogP contribution in [-0.4, -0.2) is 47.8 Å². The summed E-state index contributed by atoms with van der Waals surface area (Å²) in [6.07, 6.45) is 0.771. The highest BCUT2D eigenvalue weighted by molar-refractivity contribution is 5.74. The lowest BCUT2D eigenvalue weighted by molar-refractivity contribution is -0.163. The highest BCUT2D eigenvalue weighted by Gasteiger charge is 2.35. The van der Waals surface area contributed by atoms with Gasteiger partial charge in [-0.2, -0.15) is 0 Å². The van der Waals surface area contributed by atoms with E-state index in [1.807, 2.05) is 24.1 Å². The van der Waals surface area contributed by atoms with E-state index >= 15 is 0 Å². The van der Waals surface area contributed by atoms with Gasteiger partial charge in [-0.25, -0.2) is 10.0 Å². The molecule has 1 N–H and O–H groups in total. The van der Waals surface area contributed by atoms with Gasteiger partial charge in [-0.15, -0.1) is 0 Å². The Kier molecular flexibility index (Phi) is 1.92. The van der Waals surface area contributed by atoms with Crippen molar-refractivity contribution in [2.24, 2.45) is 0 Å². The summed E-state index contributed by atoms with van der Waals surface area (Å²) in [5, 5.41) is 12.2. The van der Waals surface area contributed by atoms with Gasteiger partial charge in [-0.1, -0.05) is 0 Å². The lowest BCUT2D eigenvalue weighted by atomic mass is 10.1. The minimum atomic E-state index is -0.722. The van der Waals surface area contributed by atoms with Crippen molar-refractivity contribution in [1.29, 1.82) is 0 Å². The summed E-state index contributed by atoms with van der Waals surface area (Å²) in [5.41, 5.74) is 0. The van der Waals surface area contributed by atoms with Gasteiger partial charge in [0, 0.05) is 20.6 Å². The summed E-state index contributed by atoms with van der Waals surface area (Å²) in [4.78, 5) is 10.4. The summed E-state index contributed by atoms with van der Waals surface area (Å²) < 4.78 is 0. The number of carboxylic acid groups (broad SMARTS) is 1. The molecular formula is C6H12N2O2. The number of rotatable bonds is 2. The zero-order chi connectivity index (χ0) is 7.72. The van der Waals surface area contributed by atoms with E-state index in [2.05, 4.69) is 0 Å². The maximum absolute atomic E-state index is 10.4. The number of hydrogen-bond donors (Lipinski definition) is 1. The molecule has 1 saturated heterocycles. The minimum Gasteiger partial charge on any atom is -0.480 e. The number of carboxylic acids is 1. The van der Waals surface area contributed by atoms with Crippen LogP contribution >= 0.6 is 0 Å². The standard InChI is InChI=1S/C6H12N2O2/c1-7(2)8-4-3-5(8)6(9)10/h5H,3-4H2,1-2H3,(H,9,10). The monoisotopic (exact) mass is 144 g/mol. The topological polar surface area (TPSA) is 43.8 Å². The molecule has 58 valence electrons. The zero-order valence-corrected chi connectivity index (χ0v) is 6.24. The average Bonchev–Trinajstić information content (AvgIpc) is 1.56. The van der Waals surface area contributed by atoms with Crippen molar-refractivity contribution < 1.29 is 9.90 Å². The molecule has 0 aromatic carbocycles. The Morgan fingerprint density at radius 2 is 2.30 bits per heavy atom. The molecule has 1 rings (SSSR count). The van der Waals surface area contributed by atoms with Crippen LogP contribution in [0.5, 0.6) is 0 Å². The molecule has 1 atom stereocenters. The first-order valence-corrected chi connectivity index (χ1v) is 3.29. The van der Waals surface area contributed by atoms with E-state index < -0.39 is 5.97 Å². The van der Waals surface area contributed by atoms with Crippen molar-refractivity contribution in [3.05, 3.63) is 0 Å². The van der Waals surface area contributed by atoms with Crippen LogP contribution in [-0.2, 0) is 4.79 Å². The molecule has 10 heavy (non-hydrogen) atoms. The number of hydrazine groups is 1. The molecule has 1 aliphatic heterocycles. The summed E-state index contributed by atoms with van der Waals surface area (Å²) >= 11 is 0. The van der Waals surface area contributed by atoms with Gasteiger partial charge in [-0.3, -0.25) is 4.79 Å². The van der Waals surface area contributed by atoms with Crippen LogP contribution in [0.2, 0.25) is 0 Å². The van der Waals surface area contributed by atoms with Gasteiger partial charge in [0.15, 0.2) is 0 Å². The van der Waals surface area contributed by atoms with Gasteiger partial charge in [0.05, 0.1) is 0 Å². The van der Waals surface area contributed by atoms with E-state index in [4.69, 9.17) is 5.11 Å². The molecule has 1 heterocycles. The van der Waals surface area contributed by atoms with Crippen molar-refractivity contribution in [2.45, 2.75) is 12.5 Å². The number of aliphatic carboxylic acids is 1. The van der Waals surface area contributed by atoms with Crippen LogP contribution < -0.4 is 0 Å². The third-order valence-corrected chi connectivity index (χ3v) is 1.79. The highest BCUT2D eigenvalue weighted by atomic mass is 16.4. The van der Waals surface area contributed by atoms with Crippen LogP contribution in [0.4, 0.5) is 0 Å². The van der Waals surface area contributed by atoms with Crippen molar-refractivity contribution in [3.8, 4) is 0 Å². The Morgan fingerprint density at radius 3 is 2.40 bits per heavy atom. The van der Waals surface area contributed by atoms with Crippen molar-refractivity contribution in [3.63, 3.8) is 0 Å². The fraction of sp³-hybridized carbons (Fsp3) is 0.833. The fourth-order valence-electron chi connectivity index (χ4n) is 1.10. The first-order chi connectivity index (χ1) is 4.63. The summed E-state index contributed by atoms with van der Waals surface area (Å²) in [6, 6.07) is -0.282. The first-order valence-electron chi connectivity index (χ1n) is 3.29. The molecular weight excluding hydrogens is 132 g/mol. The van der Waals surface area contributed by atoms with Gasteiger partial charge in [0.2, 0.25) is 0 Å². The van der Waals surface area contributed by atoms with Crippen LogP contribution in [0.1, 0.15) is 6.42 Å². The Bertz CT molecular complexity index is 147. The lowest BCUT2D eigenvalue weighted by Crippen LogP contribution is -2.57. The Labute approximate surface area is 60.0 Å². The molecule has 4 heteroatoms. The summed E-state index contributed by atoms with van der Waals surface area (Å²) in [6.45, 7) is 0.865. The third-order valence-electron chi connectivity index (χ3n) is 1.79. The molecule has 1 fully saturated rings. The molecule has 4 nitrogen and oxygen atoms in total. The lowest BCUT2D eigenvalue weighted by Gasteiger charge is -2.41. The van der Waals surface area contributed by atoms with E-state index in [1.54, 1.807) is 0 Å². The van der Waals surface area contributed by atoms with Crippen molar-refractivity contribution >= 4 is 5.97 Å². The molecule has 0 spiro atoms. The zero-order valence-electron chi connectivity index (χ0n) is 6.24. The van der Waals surface area contributed by atoms with Crippen LogP contribution in [0.15, 0.2) is 0 Å². The van der Waals surface area contributed by atoms with Crippen molar-refractivity contribution in [2.75, 3.05) is 20.6 Å². The van der Waals surface area contributed by atoms with E-state index in [0.29, 0.717) is 0 Å². The van der Waals surface area contributed by atoms with E-state index in [-0.39, 0.29) is 6.04 Å². The van der Waals surface area contributed by atoms with Crippen LogP contribution in [0, 0.1) is 0 Å². The van der Waals surface area contributed by atoms with Gasteiger partial charge in [-0.05, 0) is 6.42 Å². The first kappa shape index (κ1) is 7.50. The SMILES string of the molecule is CN(C)N1CCC1C(=O)O. The summed E-state index contributed by atoms with van der Waals surface area (Å²) in [5.74, 6) is -0.722. The minimum absolute atomic E-state index is 0.282. The molecule has 0 amide bonds. The fourth-order valence-corrected chi connectivity index (χ4v) is 1.10. The maximum Gasteiger partial charge on any atom is 0.322 e.